The molecule has 3 unspecified atom stereocenters. The molecule has 2 saturated heterocycles. The lowest BCUT2D eigenvalue weighted by Crippen LogP contribution is -2.51. The molecule has 4 heteroatoms. The van der Waals surface area contributed by atoms with Gasteiger partial charge in [0.25, 0.3) is 0 Å². The van der Waals surface area contributed by atoms with Crippen LogP contribution in [0.5, 0.6) is 5.75 Å². The van der Waals surface area contributed by atoms with Gasteiger partial charge < -0.3 is 5.11 Å². The molecule has 2 aromatic carbocycles. The molecule has 4 rings (SSSR count). The lowest BCUT2D eigenvalue weighted by Gasteiger charge is -2.41. The molecule has 2 aliphatic rings. The van der Waals surface area contributed by atoms with Gasteiger partial charge in [-0.15, -0.1) is 11.8 Å². The Morgan fingerprint density at radius 2 is 1.65 bits per heavy atom. The fourth-order valence-electron chi connectivity index (χ4n) is 4.59. The van der Waals surface area contributed by atoms with Gasteiger partial charge in [-0.1, -0.05) is 18.2 Å². The summed E-state index contributed by atoms with van der Waals surface area (Å²) >= 11 is 1.99. The van der Waals surface area contributed by atoms with Gasteiger partial charge in [-0.05, 0) is 69.0 Å². The molecular weight excluding hydrogens is 342 g/mol. The van der Waals surface area contributed by atoms with Crippen molar-refractivity contribution < 1.29 is 9.90 Å². The Bertz CT molecular complexity index is 747. The van der Waals surface area contributed by atoms with Gasteiger partial charge in [0.2, 0.25) is 0 Å². The number of hydrogen-bond donors (Lipinski definition) is 1. The number of thioether (sulfide) groups is 1. The van der Waals surface area contributed by atoms with Gasteiger partial charge >= 0.3 is 0 Å². The minimum atomic E-state index is -0.0975. The third-order valence-corrected chi connectivity index (χ3v) is 7.03. The topological polar surface area (TPSA) is 40.5 Å². The zero-order chi connectivity index (χ0) is 18.1. The van der Waals surface area contributed by atoms with Gasteiger partial charge in [0.15, 0.2) is 5.78 Å². The summed E-state index contributed by atoms with van der Waals surface area (Å²) in [4.78, 5) is 16.7. The zero-order valence-corrected chi connectivity index (χ0v) is 15.9. The number of fused-ring (bicyclic) bond motifs is 2. The van der Waals surface area contributed by atoms with Crippen molar-refractivity contribution in [2.24, 2.45) is 0 Å². The van der Waals surface area contributed by atoms with Crippen LogP contribution in [-0.2, 0) is 0 Å². The van der Waals surface area contributed by atoms with Gasteiger partial charge in [-0.2, -0.15) is 0 Å². The highest BCUT2D eigenvalue weighted by Gasteiger charge is 2.44. The molecule has 2 fully saturated rings. The molecule has 3 atom stereocenters. The first kappa shape index (κ1) is 17.6. The normalized spacial score (nSPS) is 26.6. The predicted molar refractivity (Wildman–Crippen MR) is 106 cm³/mol. The maximum absolute atomic E-state index is 12.9. The number of piperidine rings is 1. The largest absolute Gasteiger partial charge is 0.508 e. The Morgan fingerprint density at radius 1 is 1.04 bits per heavy atom. The van der Waals surface area contributed by atoms with E-state index in [1.165, 1.54) is 17.7 Å². The quantitative estimate of drug-likeness (QED) is 0.774. The molecule has 0 saturated carbocycles. The van der Waals surface area contributed by atoms with Crippen LogP contribution in [0.1, 0.15) is 43.0 Å². The zero-order valence-electron chi connectivity index (χ0n) is 15.0. The second-order valence-corrected chi connectivity index (χ2v) is 8.82. The summed E-state index contributed by atoms with van der Waals surface area (Å²) < 4.78 is 0. The van der Waals surface area contributed by atoms with Crippen molar-refractivity contribution in [2.45, 2.75) is 60.9 Å². The van der Waals surface area contributed by atoms with E-state index >= 15 is 0 Å². The standard InChI is InChI=1S/C22H25NO2S/c1-15(22(25)16-7-11-19(24)12-8-16)23-17-9-10-18(23)14-21(13-17)26-20-5-3-2-4-6-20/h2-8,11-12,15,17-18,21,24H,9-10,13-14H2,1H3. The number of ketones is 1. The third-order valence-electron chi connectivity index (χ3n) is 5.77. The molecule has 136 valence electrons. The minimum Gasteiger partial charge on any atom is -0.508 e. The number of carbonyl (C=O) groups excluding carboxylic acids is 1. The molecule has 0 aliphatic carbocycles. The predicted octanol–water partition coefficient (Wildman–Crippen LogP) is 4.75. The summed E-state index contributed by atoms with van der Waals surface area (Å²) in [5.74, 6) is 0.365. The molecule has 0 radical (unpaired) electrons. The lowest BCUT2D eigenvalue weighted by atomic mass is 9.96. The fourth-order valence-corrected chi connectivity index (χ4v) is 5.92. The van der Waals surface area contributed by atoms with Crippen molar-refractivity contribution in [1.29, 1.82) is 0 Å². The first-order chi connectivity index (χ1) is 12.6. The summed E-state index contributed by atoms with van der Waals surface area (Å²) in [6.07, 6.45) is 4.71. The molecule has 1 N–H and O–H groups in total. The van der Waals surface area contributed by atoms with Crippen molar-refractivity contribution in [3.63, 3.8) is 0 Å². The van der Waals surface area contributed by atoms with Crippen LogP contribution < -0.4 is 0 Å². The molecule has 2 aromatic rings. The molecule has 2 bridgehead atoms. The van der Waals surface area contributed by atoms with E-state index in [0.717, 1.165) is 12.8 Å². The number of benzene rings is 2. The molecular formula is C22H25NO2S. The average Bonchev–Trinajstić information content (AvgIpc) is 2.92. The highest BCUT2D eigenvalue weighted by molar-refractivity contribution is 8.00. The molecule has 0 spiro atoms. The summed E-state index contributed by atoms with van der Waals surface area (Å²) in [6.45, 7) is 2.05. The first-order valence-electron chi connectivity index (χ1n) is 9.44. The molecule has 2 heterocycles. The Labute approximate surface area is 159 Å². The van der Waals surface area contributed by atoms with Gasteiger partial charge in [0, 0.05) is 27.8 Å². The van der Waals surface area contributed by atoms with Gasteiger partial charge in [-0.3, -0.25) is 9.69 Å². The van der Waals surface area contributed by atoms with E-state index in [2.05, 4.69) is 35.2 Å². The Morgan fingerprint density at radius 3 is 2.27 bits per heavy atom. The van der Waals surface area contributed by atoms with Gasteiger partial charge in [-0.25, -0.2) is 0 Å². The number of phenolic OH excluding ortho intramolecular Hbond substituents is 1. The Kier molecular flexibility index (Phi) is 5.05. The SMILES string of the molecule is CC(C(=O)c1ccc(O)cc1)N1C2CCC1CC(Sc1ccccc1)C2. The van der Waals surface area contributed by atoms with E-state index in [4.69, 9.17) is 0 Å². The fraction of sp³-hybridized carbons (Fsp3) is 0.409. The number of carbonyl (C=O) groups is 1. The molecule has 2 aliphatic heterocycles. The summed E-state index contributed by atoms with van der Waals surface area (Å²) in [5, 5.41) is 10.1. The van der Waals surface area contributed by atoms with Crippen LogP contribution >= 0.6 is 11.8 Å². The highest BCUT2D eigenvalue weighted by Crippen LogP contribution is 2.43. The minimum absolute atomic E-state index is 0.0975. The number of aromatic hydroxyl groups is 1. The number of nitrogens with zero attached hydrogens (tertiary/aromatic N) is 1. The second-order valence-electron chi connectivity index (χ2n) is 7.44. The van der Waals surface area contributed by atoms with E-state index < -0.39 is 0 Å². The van der Waals surface area contributed by atoms with Crippen molar-refractivity contribution in [1.82, 2.24) is 4.90 Å². The van der Waals surface area contributed by atoms with Crippen LogP contribution in [0.2, 0.25) is 0 Å². The second kappa shape index (κ2) is 7.45. The van der Waals surface area contributed by atoms with E-state index in [1.54, 1.807) is 24.3 Å². The van der Waals surface area contributed by atoms with Crippen molar-refractivity contribution in [2.75, 3.05) is 0 Å². The van der Waals surface area contributed by atoms with E-state index in [1.807, 2.05) is 18.7 Å². The average molecular weight is 368 g/mol. The summed E-state index contributed by atoms with van der Waals surface area (Å²) in [5.41, 5.74) is 0.690. The molecule has 26 heavy (non-hydrogen) atoms. The number of Topliss-reactive ketones (excluding diaryl/α,β-unsaturated/α-hetero) is 1. The summed E-state index contributed by atoms with van der Waals surface area (Å²) in [6, 6.07) is 18.2. The van der Waals surface area contributed by atoms with Crippen molar-refractivity contribution in [3.8, 4) is 5.75 Å². The van der Waals surface area contributed by atoms with Crippen LogP contribution in [0.3, 0.4) is 0 Å². The maximum Gasteiger partial charge on any atom is 0.179 e. The van der Waals surface area contributed by atoms with Crippen LogP contribution in [0.4, 0.5) is 0 Å². The van der Waals surface area contributed by atoms with Crippen LogP contribution in [0, 0.1) is 0 Å². The van der Waals surface area contributed by atoms with E-state index in [-0.39, 0.29) is 17.6 Å². The number of hydrogen-bond acceptors (Lipinski definition) is 4. The monoisotopic (exact) mass is 367 g/mol. The maximum atomic E-state index is 12.9. The lowest BCUT2D eigenvalue weighted by molar-refractivity contribution is 0.0650. The summed E-state index contributed by atoms with van der Waals surface area (Å²) in [7, 11) is 0. The van der Waals surface area contributed by atoms with Crippen LogP contribution in [-0.4, -0.2) is 39.2 Å². The van der Waals surface area contributed by atoms with Gasteiger partial charge in [0.05, 0.1) is 6.04 Å². The van der Waals surface area contributed by atoms with Crippen molar-refractivity contribution in [3.05, 3.63) is 60.2 Å². The van der Waals surface area contributed by atoms with Gasteiger partial charge in [0.1, 0.15) is 5.75 Å². The Hall–Kier alpha value is -1.78. The third kappa shape index (κ3) is 3.53. The highest BCUT2D eigenvalue weighted by atomic mass is 32.2. The smallest absolute Gasteiger partial charge is 0.179 e. The molecule has 0 amide bonds. The molecule has 0 aromatic heterocycles. The van der Waals surface area contributed by atoms with E-state index in [0.29, 0.717) is 22.9 Å². The first-order valence-corrected chi connectivity index (χ1v) is 10.3. The number of rotatable bonds is 5. The van der Waals surface area contributed by atoms with Crippen molar-refractivity contribution >= 4 is 17.5 Å². The van der Waals surface area contributed by atoms with Crippen LogP contribution in [0.25, 0.3) is 0 Å². The van der Waals surface area contributed by atoms with E-state index in [9.17, 15) is 9.90 Å². The van der Waals surface area contributed by atoms with Crippen LogP contribution in [0.15, 0.2) is 59.5 Å². The molecule has 3 nitrogen and oxygen atoms in total. The Balaban J connectivity index is 1.44. The number of phenols is 1.